The molecule has 0 saturated carbocycles. The van der Waals surface area contributed by atoms with E-state index in [-0.39, 0.29) is 0 Å². The Morgan fingerprint density at radius 2 is 2.44 bits per heavy atom. The number of allylic oxidation sites excluding steroid dienone is 2. The van der Waals surface area contributed by atoms with Crippen LogP contribution in [0.25, 0.3) is 0 Å². The Labute approximate surface area is 55.4 Å². The van der Waals surface area contributed by atoms with E-state index in [9.17, 15) is 0 Å². The van der Waals surface area contributed by atoms with E-state index in [0.29, 0.717) is 0 Å². The van der Waals surface area contributed by atoms with Gasteiger partial charge in [0.05, 0.1) is 0 Å². The first-order valence-corrected chi connectivity index (χ1v) is 3.09. The molecule has 9 heavy (non-hydrogen) atoms. The third-order valence-electron chi connectivity index (χ3n) is 1.33. The maximum atomic E-state index is 5.60. The van der Waals surface area contributed by atoms with Crippen molar-refractivity contribution in [1.29, 1.82) is 0 Å². The molecule has 0 aromatic rings. The summed E-state index contributed by atoms with van der Waals surface area (Å²) in [5.41, 5.74) is 6.45. The van der Waals surface area contributed by atoms with E-state index in [1.54, 1.807) is 0 Å². The molecule has 2 nitrogen and oxygen atoms in total. The van der Waals surface area contributed by atoms with Crippen molar-refractivity contribution in [2.75, 3.05) is 0 Å². The van der Waals surface area contributed by atoms with E-state index in [1.807, 2.05) is 18.4 Å². The molecular formula is C7H11N2. The minimum Gasteiger partial charge on any atom is -0.400 e. The summed E-state index contributed by atoms with van der Waals surface area (Å²) in [7, 11) is 0. The van der Waals surface area contributed by atoms with Crippen molar-refractivity contribution in [2.45, 2.75) is 13.3 Å². The number of nitrogens with one attached hydrogen (secondary N) is 1. The van der Waals surface area contributed by atoms with Crippen LogP contribution in [0.1, 0.15) is 13.3 Å². The lowest BCUT2D eigenvalue weighted by molar-refractivity contribution is 0.783. The van der Waals surface area contributed by atoms with Crippen LogP contribution in [0.3, 0.4) is 0 Å². The fourth-order valence-electron chi connectivity index (χ4n) is 0.791. The number of hydrogen-bond donors (Lipinski definition) is 2. The second kappa shape index (κ2) is 2.58. The standard InChI is InChI=1S/C7H11N2/c1-2-7-6(8)4-3-5-9-7/h3-5,9H,2,8H2,1H3. The van der Waals surface area contributed by atoms with E-state index in [0.717, 1.165) is 18.2 Å². The SMILES string of the molecule is CC[C]1NC=CC=C1N. The summed E-state index contributed by atoms with van der Waals surface area (Å²) in [5, 5.41) is 3.06. The summed E-state index contributed by atoms with van der Waals surface area (Å²) in [4.78, 5) is 0. The van der Waals surface area contributed by atoms with Crippen molar-refractivity contribution in [3.63, 3.8) is 0 Å². The van der Waals surface area contributed by atoms with Crippen LogP contribution in [0, 0.1) is 6.04 Å². The van der Waals surface area contributed by atoms with Crippen molar-refractivity contribution in [1.82, 2.24) is 5.32 Å². The highest BCUT2D eigenvalue weighted by atomic mass is 14.9. The van der Waals surface area contributed by atoms with Crippen LogP contribution < -0.4 is 11.1 Å². The van der Waals surface area contributed by atoms with Gasteiger partial charge < -0.3 is 11.1 Å². The van der Waals surface area contributed by atoms with Crippen LogP contribution in [-0.2, 0) is 0 Å². The second-order valence-electron chi connectivity index (χ2n) is 1.96. The van der Waals surface area contributed by atoms with Crippen LogP contribution in [0.2, 0.25) is 0 Å². The zero-order valence-electron chi connectivity index (χ0n) is 5.52. The Hall–Kier alpha value is -0.920. The van der Waals surface area contributed by atoms with Gasteiger partial charge in [0.2, 0.25) is 0 Å². The molecule has 0 aromatic carbocycles. The highest BCUT2D eigenvalue weighted by Crippen LogP contribution is 2.11. The number of rotatable bonds is 1. The first-order valence-electron chi connectivity index (χ1n) is 3.09. The Bertz CT molecular complexity index is 147. The monoisotopic (exact) mass is 123 g/mol. The maximum absolute atomic E-state index is 5.60. The molecule has 0 atom stereocenters. The molecule has 0 aromatic heterocycles. The molecule has 0 amide bonds. The van der Waals surface area contributed by atoms with Gasteiger partial charge in [0.25, 0.3) is 0 Å². The van der Waals surface area contributed by atoms with Gasteiger partial charge in [-0.15, -0.1) is 0 Å². The average molecular weight is 123 g/mol. The predicted molar refractivity (Wildman–Crippen MR) is 38.1 cm³/mol. The van der Waals surface area contributed by atoms with Gasteiger partial charge in [-0.25, -0.2) is 0 Å². The van der Waals surface area contributed by atoms with Crippen LogP contribution >= 0.6 is 0 Å². The van der Waals surface area contributed by atoms with Crippen molar-refractivity contribution < 1.29 is 0 Å². The van der Waals surface area contributed by atoms with E-state index in [4.69, 9.17) is 5.73 Å². The Morgan fingerprint density at radius 1 is 1.67 bits per heavy atom. The molecule has 0 bridgehead atoms. The van der Waals surface area contributed by atoms with Gasteiger partial charge in [-0.05, 0) is 24.8 Å². The zero-order valence-corrected chi connectivity index (χ0v) is 5.52. The maximum Gasteiger partial charge on any atom is 0.105 e. The van der Waals surface area contributed by atoms with Gasteiger partial charge in [0.15, 0.2) is 0 Å². The van der Waals surface area contributed by atoms with Crippen LogP contribution in [0.15, 0.2) is 24.0 Å². The van der Waals surface area contributed by atoms with Crippen molar-refractivity contribution >= 4 is 0 Å². The minimum absolute atomic E-state index is 0.847. The summed E-state index contributed by atoms with van der Waals surface area (Å²) < 4.78 is 0. The first kappa shape index (κ1) is 6.20. The molecule has 2 heteroatoms. The molecule has 0 spiro atoms. The number of hydrogen-bond acceptors (Lipinski definition) is 2. The summed E-state index contributed by atoms with van der Waals surface area (Å²) in [6, 6.07) is 1.11. The molecular weight excluding hydrogens is 112 g/mol. The van der Waals surface area contributed by atoms with Crippen LogP contribution in [0.4, 0.5) is 0 Å². The quantitative estimate of drug-likeness (QED) is 0.543. The molecule has 1 rings (SSSR count). The Morgan fingerprint density at radius 3 is 2.89 bits per heavy atom. The van der Waals surface area contributed by atoms with Gasteiger partial charge >= 0.3 is 0 Å². The van der Waals surface area contributed by atoms with Gasteiger partial charge in [0.1, 0.15) is 6.04 Å². The minimum atomic E-state index is 0.847. The van der Waals surface area contributed by atoms with E-state index in [2.05, 4.69) is 12.2 Å². The molecule has 0 saturated heterocycles. The molecule has 1 radical (unpaired) electrons. The van der Waals surface area contributed by atoms with Crippen molar-refractivity contribution in [3.8, 4) is 0 Å². The molecule has 3 N–H and O–H groups in total. The highest BCUT2D eigenvalue weighted by molar-refractivity contribution is 5.28. The van der Waals surface area contributed by atoms with Gasteiger partial charge in [0, 0.05) is 5.70 Å². The molecule has 0 fully saturated rings. The van der Waals surface area contributed by atoms with E-state index < -0.39 is 0 Å². The first-order chi connectivity index (χ1) is 4.34. The Balaban J connectivity index is 2.59. The molecule has 0 unspecified atom stereocenters. The summed E-state index contributed by atoms with van der Waals surface area (Å²) in [5.74, 6) is 0. The normalized spacial score (nSPS) is 19.0. The summed E-state index contributed by atoms with van der Waals surface area (Å²) in [6.07, 6.45) is 6.64. The topological polar surface area (TPSA) is 38.0 Å². The zero-order chi connectivity index (χ0) is 6.69. The van der Waals surface area contributed by atoms with Crippen LogP contribution in [-0.4, -0.2) is 0 Å². The van der Waals surface area contributed by atoms with Crippen molar-refractivity contribution in [2.24, 2.45) is 5.73 Å². The third kappa shape index (κ3) is 1.25. The molecule has 1 heterocycles. The van der Waals surface area contributed by atoms with Crippen molar-refractivity contribution in [3.05, 3.63) is 30.1 Å². The smallest absolute Gasteiger partial charge is 0.105 e. The molecule has 1 aliphatic heterocycles. The number of dihydropyridines is 1. The molecule has 1 aliphatic rings. The van der Waals surface area contributed by atoms with E-state index in [1.165, 1.54) is 0 Å². The molecule has 49 valence electrons. The van der Waals surface area contributed by atoms with Gasteiger partial charge in [-0.2, -0.15) is 0 Å². The van der Waals surface area contributed by atoms with Crippen LogP contribution in [0.5, 0.6) is 0 Å². The summed E-state index contributed by atoms with van der Waals surface area (Å²) in [6.45, 7) is 2.07. The Kier molecular flexibility index (Phi) is 1.78. The second-order valence-corrected chi connectivity index (χ2v) is 1.96. The highest BCUT2D eigenvalue weighted by Gasteiger charge is 2.08. The lowest BCUT2D eigenvalue weighted by Gasteiger charge is -2.16. The fourth-order valence-corrected chi connectivity index (χ4v) is 0.791. The largest absolute Gasteiger partial charge is 0.400 e. The molecule has 0 aliphatic carbocycles. The predicted octanol–water partition coefficient (Wildman–Crippen LogP) is 0.888. The fraction of sp³-hybridized carbons (Fsp3) is 0.286. The third-order valence-corrected chi connectivity index (χ3v) is 1.33. The summed E-state index contributed by atoms with van der Waals surface area (Å²) >= 11 is 0. The van der Waals surface area contributed by atoms with Gasteiger partial charge in [-0.3, -0.25) is 0 Å². The lowest BCUT2D eigenvalue weighted by atomic mass is 10.1. The van der Waals surface area contributed by atoms with Gasteiger partial charge in [-0.1, -0.05) is 6.92 Å². The average Bonchev–Trinajstić information content (AvgIpc) is 1.89. The van der Waals surface area contributed by atoms with E-state index >= 15 is 0 Å². The lowest BCUT2D eigenvalue weighted by Crippen LogP contribution is -2.23. The number of nitrogens with two attached hydrogens (primary N) is 1.